The van der Waals surface area contributed by atoms with Gasteiger partial charge in [-0.1, -0.05) is 18.5 Å². The Kier molecular flexibility index (Phi) is 7.02. The van der Waals surface area contributed by atoms with Gasteiger partial charge in [-0.15, -0.1) is 0 Å². The van der Waals surface area contributed by atoms with Gasteiger partial charge in [0.15, 0.2) is 0 Å². The predicted octanol–water partition coefficient (Wildman–Crippen LogP) is 2.66. The lowest BCUT2D eigenvalue weighted by atomic mass is 10.0. The van der Waals surface area contributed by atoms with Crippen molar-refractivity contribution < 1.29 is 8.42 Å². The zero-order chi connectivity index (χ0) is 14.5. The molecule has 0 heterocycles. The van der Waals surface area contributed by atoms with Gasteiger partial charge in [0.1, 0.15) is 9.84 Å². The lowest BCUT2D eigenvalue weighted by Gasteiger charge is -2.18. The molecule has 0 aromatic heterocycles. The smallest absolute Gasteiger partial charge is 0.150 e. The van der Waals surface area contributed by atoms with Gasteiger partial charge >= 0.3 is 0 Å². The maximum absolute atomic E-state index is 11.5. The van der Waals surface area contributed by atoms with Crippen molar-refractivity contribution in [3.63, 3.8) is 0 Å². The van der Waals surface area contributed by atoms with E-state index >= 15 is 0 Å². The number of benzene rings is 1. The monoisotopic (exact) mass is 416 g/mol. The molecule has 0 radical (unpaired) electrons. The zero-order valence-corrected chi connectivity index (χ0v) is 14.4. The molecule has 0 saturated carbocycles. The molecule has 0 aliphatic carbocycles. The molecule has 0 saturated heterocycles. The van der Waals surface area contributed by atoms with Crippen molar-refractivity contribution in [3.05, 3.63) is 32.4 Å². The molecule has 3 N–H and O–H groups in total. The van der Waals surface area contributed by atoms with Crippen molar-refractivity contribution in [1.29, 1.82) is 0 Å². The minimum Gasteiger partial charge on any atom is -0.271 e. The number of rotatable bonds is 7. The van der Waals surface area contributed by atoms with Crippen LogP contribution < -0.4 is 11.3 Å². The van der Waals surface area contributed by atoms with Gasteiger partial charge in [-0.25, -0.2) is 8.42 Å². The highest BCUT2D eigenvalue weighted by atomic mass is 127. The normalized spacial score (nSPS) is 13.5. The molecule has 1 atom stereocenters. The Balaban J connectivity index is 2.71. The molecule has 4 nitrogen and oxygen atoms in total. The predicted molar refractivity (Wildman–Crippen MR) is 87.8 cm³/mol. The molecule has 0 amide bonds. The maximum atomic E-state index is 11.5. The largest absolute Gasteiger partial charge is 0.271 e. The Morgan fingerprint density at radius 2 is 2.16 bits per heavy atom. The molecular formula is C12H18ClIN2O2S. The first-order valence-electron chi connectivity index (χ1n) is 6.01. The summed E-state index contributed by atoms with van der Waals surface area (Å²) in [7, 11) is -2.92. The Hall–Kier alpha value is 0.110. The van der Waals surface area contributed by atoms with E-state index < -0.39 is 9.84 Å². The third-order valence-electron chi connectivity index (χ3n) is 2.92. The van der Waals surface area contributed by atoms with Gasteiger partial charge in [0.2, 0.25) is 0 Å². The highest BCUT2D eigenvalue weighted by molar-refractivity contribution is 14.1. The Labute approximate surface area is 133 Å². The summed E-state index contributed by atoms with van der Waals surface area (Å²) < 4.78 is 24.0. The van der Waals surface area contributed by atoms with E-state index in [0.717, 1.165) is 9.13 Å². The van der Waals surface area contributed by atoms with Gasteiger partial charge in [0.25, 0.3) is 0 Å². The fourth-order valence-corrected chi connectivity index (χ4v) is 3.55. The number of hydrogen-bond acceptors (Lipinski definition) is 4. The van der Waals surface area contributed by atoms with Gasteiger partial charge < -0.3 is 0 Å². The van der Waals surface area contributed by atoms with Crippen LogP contribution in [0.1, 0.15) is 31.4 Å². The summed E-state index contributed by atoms with van der Waals surface area (Å²) in [5, 5.41) is 0.650. The summed E-state index contributed by atoms with van der Waals surface area (Å²) in [5.41, 5.74) is 3.74. The van der Waals surface area contributed by atoms with E-state index in [4.69, 9.17) is 17.4 Å². The molecule has 1 aromatic rings. The Morgan fingerprint density at radius 1 is 1.47 bits per heavy atom. The highest BCUT2D eigenvalue weighted by Crippen LogP contribution is 2.26. The summed E-state index contributed by atoms with van der Waals surface area (Å²) in [6, 6.07) is 5.52. The molecular weight excluding hydrogens is 399 g/mol. The lowest BCUT2D eigenvalue weighted by molar-refractivity contribution is 0.505. The minimum absolute atomic E-state index is 0.0855. The topological polar surface area (TPSA) is 72.2 Å². The zero-order valence-electron chi connectivity index (χ0n) is 10.7. The number of nitrogens with two attached hydrogens (primary N) is 1. The van der Waals surface area contributed by atoms with Crippen LogP contribution in [0.15, 0.2) is 18.2 Å². The fourth-order valence-electron chi connectivity index (χ4n) is 1.76. The standard InChI is InChI=1S/C12H18ClIN2O2S/c1-2-19(17,18)7-3-4-12(16-15)10-8-9(13)5-6-11(10)14/h5-6,8,12,16H,2-4,7,15H2,1H3. The average molecular weight is 417 g/mol. The molecule has 7 heteroatoms. The molecule has 108 valence electrons. The van der Waals surface area contributed by atoms with Crippen LogP contribution in [0.5, 0.6) is 0 Å². The van der Waals surface area contributed by atoms with Crippen LogP contribution in [0.25, 0.3) is 0 Å². The number of nitrogens with one attached hydrogen (secondary N) is 1. The van der Waals surface area contributed by atoms with Gasteiger partial charge in [0, 0.05) is 20.4 Å². The minimum atomic E-state index is -2.92. The molecule has 0 fully saturated rings. The van der Waals surface area contributed by atoms with Crippen molar-refractivity contribution in [2.45, 2.75) is 25.8 Å². The van der Waals surface area contributed by atoms with Crippen LogP contribution in [0, 0.1) is 3.57 Å². The van der Waals surface area contributed by atoms with Crippen LogP contribution in [-0.2, 0) is 9.84 Å². The van der Waals surface area contributed by atoms with Crippen LogP contribution >= 0.6 is 34.2 Å². The van der Waals surface area contributed by atoms with Crippen molar-refractivity contribution in [3.8, 4) is 0 Å². The quantitative estimate of drug-likeness (QED) is 0.407. The van der Waals surface area contributed by atoms with Crippen molar-refractivity contribution in [2.24, 2.45) is 5.84 Å². The molecule has 1 unspecified atom stereocenters. The second-order valence-corrected chi connectivity index (χ2v) is 8.34. The van der Waals surface area contributed by atoms with Gasteiger partial charge in [-0.3, -0.25) is 11.3 Å². The Morgan fingerprint density at radius 3 is 2.74 bits per heavy atom. The van der Waals surface area contributed by atoms with E-state index in [-0.39, 0.29) is 17.5 Å². The molecule has 0 aliphatic heterocycles. The SMILES string of the molecule is CCS(=O)(=O)CCCC(NN)c1cc(Cl)ccc1I. The van der Waals surface area contributed by atoms with E-state index in [0.29, 0.717) is 17.9 Å². The summed E-state index contributed by atoms with van der Waals surface area (Å²) in [5.74, 6) is 5.94. The van der Waals surface area contributed by atoms with E-state index in [2.05, 4.69) is 28.0 Å². The third-order valence-corrected chi connectivity index (χ3v) is 5.93. The van der Waals surface area contributed by atoms with Crippen LogP contribution in [0.4, 0.5) is 0 Å². The average Bonchev–Trinajstić information content (AvgIpc) is 2.38. The van der Waals surface area contributed by atoms with Gasteiger partial charge in [-0.05, 0) is 59.2 Å². The maximum Gasteiger partial charge on any atom is 0.150 e. The first kappa shape index (κ1) is 17.2. The molecule has 1 aromatic carbocycles. The first-order valence-corrected chi connectivity index (χ1v) is 9.29. The highest BCUT2D eigenvalue weighted by Gasteiger charge is 2.15. The number of halogens is 2. The molecule has 0 aliphatic rings. The second kappa shape index (κ2) is 7.78. The second-order valence-electron chi connectivity index (χ2n) is 4.26. The number of hydrazine groups is 1. The van der Waals surface area contributed by atoms with Crippen LogP contribution in [-0.4, -0.2) is 19.9 Å². The summed E-state index contributed by atoms with van der Waals surface area (Å²) >= 11 is 8.20. The first-order chi connectivity index (χ1) is 8.89. The molecule has 0 spiro atoms. The molecule has 0 bridgehead atoms. The summed E-state index contributed by atoms with van der Waals surface area (Å²) in [4.78, 5) is 0. The third kappa shape index (κ3) is 5.55. The summed E-state index contributed by atoms with van der Waals surface area (Å²) in [6.07, 6.45) is 1.24. The molecule has 19 heavy (non-hydrogen) atoms. The van der Waals surface area contributed by atoms with Crippen molar-refractivity contribution in [1.82, 2.24) is 5.43 Å². The lowest BCUT2D eigenvalue weighted by Crippen LogP contribution is -2.29. The van der Waals surface area contributed by atoms with Crippen LogP contribution in [0.3, 0.4) is 0 Å². The Bertz CT molecular complexity index is 522. The van der Waals surface area contributed by atoms with Crippen molar-refractivity contribution in [2.75, 3.05) is 11.5 Å². The van der Waals surface area contributed by atoms with E-state index in [9.17, 15) is 8.42 Å². The fraction of sp³-hybridized carbons (Fsp3) is 0.500. The van der Waals surface area contributed by atoms with Gasteiger partial charge in [0.05, 0.1) is 5.75 Å². The van der Waals surface area contributed by atoms with Crippen molar-refractivity contribution >= 4 is 44.0 Å². The number of hydrogen-bond donors (Lipinski definition) is 2. The van der Waals surface area contributed by atoms with Gasteiger partial charge in [-0.2, -0.15) is 0 Å². The molecule has 1 rings (SSSR count). The summed E-state index contributed by atoms with van der Waals surface area (Å²) in [6.45, 7) is 1.66. The van der Waals surface area contributed by atoms with E-state index in [1.54, 1.807) is 6.92 Å². The van der Waals surface area contributed by atoms with E-state index in [1.807, 2.05) is 18.2 Å². The number of sulfone groups is 1. The van der Waals surface area contributed by atoms with E-state index in [1.165, 1.54) is 0 Å². The van der Waals surface area contributed by atoms with Crippen LogP contribution in [0.2, 0.25) is 5.02 Å².